The summed E-state index contributed by atoms with van der Waals surface area (Å²) in [5, 5.41) is 18.4. The first-order chi connectivity index (χ1) is 13.2. The topological polar surface area (TPSA) is 71.5 Å². The van der Waals surface area contributed by atoms with Crippen LogP contribution in [0.25, 0.3) is 16.9 Å². The lowest BCUT2D eigenvalue weighted by atomic mass is 10.1. The number of nitrogens with zero attached hydrogens (tertiary/aromatic N) is 4. The van der Waals surface area contributed by atoms with Crippen LogP contribution in [-0.4, -0.2) is 21.6 Å². The second kappa shape index (κ2) is 6.92. The highest BCUT2D eigenvalue weighted by atomic mass is 16.5. The first-order valence-corrected chi connectivity index (χ1v) is 8.48. The largest absolute Gasteiger partial charge is 0.508 e. The molecule has 2 heterocycles. The Balaban J connectivity index is 1.87. The first-order valence-electron chi connectivity index (χ1n) is 8.48. The maximum atomic E-state index is 9.63. The van der Waals surface area contributed by atoms with E-state index in [-0.39, 0.29) is 5.75 Å². The number of rotatable bonds is 4. The molecule has 0 aliphatic carbocycles. The zero-order chi connectivity index (χ0) is 18.8. The average molecular weight is 358 g/mol. The fourth-order valence-electron chi connectivity index (χ4n) is 2.89. The van der Waals surface area contributed by atoms with Crippen molar-refractivity contribution in [3.05, 3.63) is 72.4 Å². The predicted molar refractivity (Wildman–Crippen MR) is 104 cm³/mol. The third-order valence-electron chi connectivity index (χ3n) is 4.27. The van der Waals surface area contributed by atoms with Gasteiger partial charge >= 0.3 is 0 Å². The molecule has 6 heteroatoms. The van der Waals surface area contributed by atoms with Gasteiger partial charge in [0.25, 0.3) is 0 Å². The molecule has 1 N–H and O–H groups in total. The highest BCUT2D eigenvalue weighted by Gasteiger charge is 2.15. The Morgan fingerprint density at radius 2 is 1.81 bits per heavy atom. The number of aryl methyl sites for hydroxylation is 1. The Labute approximate surface area is 156 Å². The summed E-state index contributed by atoms with van der Waals surface area (Å²) in [5.41, 5.74) is 4.09. The number of methoxy groups -OCH3 is 1. The lowest BCUT2D eigenvalue weighted by molar-refractivity contribution is 0.415. The standard InChI is InChI=1S/C21H18N4O2/c1-14-5-4-12-25-20(14)22-19(15-8-10-18(27-2)11-9-15)21(25)24-23-16-6-3-7-17(26)13-16/h3-13,26H,1-2H3. The van der Waals surface area contributed by atoms with Gasteiger partial charge in [-0.1, -0.05) is 12.1 Å². The molecule has 0 fully saturated rings. The summed E-state index contributed by atoms with van der Waals surface area (Å²) < 4.78 is 7.16. The number of phenolic OH excluding ortho intramolecular Hbond substituents is 1. The molecule has 2 aromatic heterocycles. The maximum absolute atomic E-state index is 9.63. The Morgan fingerprint density at radius 1 is 1.00 bits per heavy atom. The van der Waals surface area contributed by atoms with Crippen LogP contribution in [0.15, 0.2) is 77.1 Å². The van der Waals surface area contributed by atoms with Gasteiger partial charge in [0.15, 0.2) is 5.82 Å². The summed E-state index contributed by atoms with van der Waals surface area (Å²) in [7, 11) is 1.64. The minimum absolute atomic E-state index is 0.149. The number of azo groups is 1. The summed E-state index contributed by atoms with van der Waals surface area (Å²) in [5.74, 6) is 1.56. The van der Waals surface area contributed by atoms with Crippen LogP contribution in [0.5, 0.6) is 11.5 Å². The van der Waals surface area contributed by atoms with E-state index in [0.29, 0.717) is 11.5 Å². The molecule has 0 saturated carbocycles. The van der Waals surface area contributed by atoms with Crippen molar-refractivity contribution in [2.24, 2.45) is 10.2 Å². The molecule has 27 heavy (non-hydrogen) atoms. The van der Waals surface area contributed by atoms with E-state index in [1.54, 1.807) is 31.4 Å². The highest BCUT2D eigenvalue weighted by Crippen LogP contribution is 2.34. The third kappa shape index (κ3) is 3.25. The normalized spacial score (nSPS) is 11.3. The number of hydrogen-bond acceptors (Lipinski definition) is 5. The second-order valence-electron chi connectivity index (χ2n) is 6.12. The van der Waals surface area contributed by atoms with Gasteiger partial charge in [-0.25, -0.2) is 4.98 Å². The monoisotopic (exact) mass is 358 g/mol. The Morgan fingerprint density at radius 3 is 2.56 bits per heavy atom. The summed E-state index contributed by atoms with van der Waals surface area (Å²) in [4.78, 5) is 4.79. The number of pyridine rings is 1. The first kappa shape index (κ1) is 16.8. The number of hydrogen-bond donors (Lipinski definition) is 1. The van der Waals surface area contributed by atoms with E-state index in [1.165, 1.54) is 0 Å². The Bertz CT molecular complexity index is 1130. The maximum Gasteiger partial charge on any atom is 0.187 e. The van der Waals surface area contributed by atoms with Crippen LogP contribution in [0, 0.1) is 6.92 Å². The van der Waals surface area contributed by atoms with Gasteiger partial charge in [0, 0.05) is 17.8 Å². The fraction of sp³-hybridized carbons (Fsp3) is 0.0952. The van der Waals surface area contributed by atoms with Gasteiger partial charge < -0.3 is 9.84 Å². The van der Waals surface area contributed by atoms with E-state index in [0.717, 1.165) is 28.2 Å². The van der Waals surface area contributed by atoms with Crippen LogP contribution in [0.4, 0.5) is 11.5 Å². The summed E-state index contributed by atoms with van der Waals surface area (Å²) in [6.07, 6.45) is 1.92. The molecule has 0 spiro atoms. The molecule has 0 unspecified atom stereocenters. The van der Waals surface area contributed by atoms with Crippen molar-refractivity contribution in [3.8, 4) is 22.8 Å². The number of fused-ring (bicyclic) bond motifs is 1. The van der Waals surface area contributed by atoms with Gasteiger partial charge in [0.2, 0.25) is 0 Å². The second-order valence-corrected chi connectivity index (χ2v) is 6.12. The van der Waals surface area contributed by atoms with Crippen LogP contribution >= 0.6 is 0 Å². The van der Waals surface area contributed by atoms with Crippen LogP contribution in [-0.2, 0) is 0 Å². The van der Waals surface area contributed by atoms with Crippen LogP contribution < -0.4 is 4.74 Å². The molecule has 134 valence electrons. The van der Waals surface area contributed by atoms with Crippen molar-refractivity contribution in [2.45, 2.75) is 6.92 Å². The Kier molecular flexibility index (Phi) is 4.30. The molecule has 0 bridgehead atoms. The van der Waals surface area contributed by atoms with Crippen LogP contribution in [0.1, 0.15) is 5.56 Å². The number of imidazole rings is 1. The SMILES string of the molecule is COc1ccc(-c2nc3c(C)cccn3c2N=Nc2cccc(O)c2)cc1. The molecule has 0 amide bonds. The summed E-state index contributed by atoms with van der Waals surface area (Å²) >= 11 is 0. The van der Waals surface area contributed by atoms with Crippen molar-refractivity contribution in [3.63, 3.8) is 0 Å². The summed E-state index contributed by atoms with van der Waals surface area (Å²) in [6.45, 7) is 2.01. The quantitative estimate of drug-likeness (QED) is 0.494. The van der Waals surface area contributed by atoms with Gasteiger partial charge in [-0.15, -0.1) is 10.2 Å². The van der Waals surface area contributed by atoms with Crippen LogP contribution in [0.3, 0.4) is 0 Å². The van der Waals surface area contributed by atoms with Crippen molar-refractivity contribution in [1.82, 2.24) is 9.38 Å². The lowest BCUT2D eigenvalue weighted by Gasteiger charge is -2.02. The van der Waals surface area contributed by atoms with Crippen molar-refractivity contribution in [2.75, 3.05) is 7.11 Å². The number of aromatic hydroxyl groups is 1. The lowest BCUT2D eigenvalue weighted by Crippen LogP contribution is -1.85. The van der Waals surface area contributed by atoms with Crippen molar-refractivity contribution >= 4 is 17.2 Å². The summed E-state index contributed by atoms with van der Waals surface area (Å²) in [6, 6.07) is 18.3. The number of benzene rings is 2. The molecular formula is C21H18N4O2. The van der Waals surface area contributed by atoms with E-state index >= 15 is 0 Å². The number of phenols is 1. The molecule has 0 radical (unpaired) electrons. The molecular weight excluding hydrogens is 340 g/mol. The average Bonchev–Trinajstić information content (AvgIpc) is 3.06. The molecule has 4 rings (SSSR count). The molecule has 6 nitrogen and oxygen atoms in total. The molecule has 0 aliphatic rings. The van der Waals surface area contributed by atoms with Gasteiger partial charge in [0.1, 0.15) is 22.8 Å². The molecule has 0 saturated heterocycles. The van der Waals surface area contributed by atoms with Crippen molar-refractivity contribution < 1.29 is 9.84 Å². The molecule has 2 aromatic carbocycles. The van der Waals surface area contributed by atoms with Gasteiger partial charge in [-0.3, -0.25) is 4.40 Å². The molecule has 0 aliphatic heterocycles. The molecule has 0 atom stereocenters. The van der Waals surface area contributed by atoms with Gasteiger partial charge in [-0.2, -0.15) is 0 Å². The number of aromatic nitrogens is 2. The van der Waals surface area contributed by atoms with Gasteiger partial charge in [0.05, 0.1) is 12.8 Å². The smallest absolute Gasteiger partial charge is 0.187 e. The zero-order valence-electron chi connectivity index (χ0n) is 15.0. The number of ether oxygens (including phenoxy) is 1. The minimum Gasteiger partial charge on any atom is -0.508 e. The zero-order valence-corrected chi connectivity index (χ0v) is 15.0. The predicted octanol–water partition coefficient (Wildman–Crippen LogP) is 5.44. The highest BCUT2D eigenvalue weighted by molar-refractivity contribution is 5.75. The fourth-order valence-corrected chi connectivity index (χ4v) is 2.89. The van der Waals surface area contributed by atoms with Crippen LogP contribution in [0.2, 0.25) is 0 Å². The van der Waals surface area contributed by atoms with Crippen molar-refractivity contribution in [1.29, 1.82) is 0 Å². The van der Waals surface area contributed by atoms with E-state index < -0.39 is 0 Å². The third-order valence-corrected chi connectivity index (χ3v) is 4.27. The Hall–Kier alpha value is -3.67. The minimum atomic E-state index is 0.149. The van der Waals surface area contributed by atoms with E-state index in [4.69, 9.17) is 9.72 Å². The molecule has 4 aromatic rings. The van der Waals surface area contributed by atoms with E-state index in [2.05, 4.69) is 10.2 Å². The van der Waals surface area contributed by atoms with E-state index in [1.807, 2.05) is 53.9 Å². The van der Waals surface area contributed by atoms with E-state index in [9.17, 15) is 5.11 Å². The van der Waals surface area contributed by atoms with Gasteiger partial charge in [-0.05, 0) is 55.0 Å².